The van der Waals surface area contributed by atoms with Crippen LogP contribution in [-0.4, -0.2) is 27.2 Å². The van der Waals surface area contributed by atoms with Crippen molar-refractivity contribution in [2.24, 2.45) is 7.05 Å². The summed E-state index contributed by atoms with van der Waals surface area (Å²) in [5.41, 5.74) is 1.56. The number of pyridine rings is 1. The molecule has 2 rings (SSSR count). The molecule has 6 heteroatoms. The molecule has 1 amide bonds. The van der Waals surface area contributed by atoms with Gasteiger partial charge in [0.1, 0.15) is 4.60 Å². The lowest BCUT2D eigenvalue weighted by atomic mass is 10.2. The average molecular weight is 309 g/mol. The first-order chi connectivity index (χ1) is 8.65. The third-order valence-electron chi connectivity index (χ3n) is 2.42. The van der Waals surface area contributed by atoms with E-state index in [2.05, 4.69) is 31.3 Å². The molecule has 2 heterocycles. The van der Waals surface area contributed by atoms with E-state index in [1.807, 2.05) is 19.3 Å². The van der Waals surface area contributed by atoms with Crippen LogP contribution in [-0.2, 0) is 13.5 Å². The molecule has 94 valence electrons. The SMILES string of the molecule is Cn1ccc(CCNC(=O)c2ccnc(Br)c2)n1. The average Bonchev–Trinajstić information content (AvgIpc) is 2.75. The maximum Gasteiger partial charge on any atom is 0.251 e. The summed E-state index contributed by atoms with van der Waals surface area (Å²) in [6, 6.07) is 5.31. The molecule has 0 fully saturated rings. The van der Waals surface area contributed by atoms with Crippen molar-refractivity contribution in [2.45, 2.75) is 6.42 Å². The van der Waals surface area contributed by atoms with Crippen LogP contribution < -0.4 is 5.32 Å². The van der Waals surface area contributed by atoms with E-state index in [4.69, 9.17) is 0 Å². The highest BCUT2D eigenvalue weighted by molar-refractivity contribution is 9.10. The summed E-state index contributed by atoms with van der Waals surface area (Å²) in [6.45, 7) is 0.565. The van der Waals surface area contributed by atoms with Crippen LogP contribution in [0.25, 0.3) is 0 Å². The Bertz CT molecular complexity index is 553. The second-order valence-corrected chi connectivity index (χ2v) is 4.67. The van der Waals surface area contributed by atoms with Gasteiger partial charge in [0, 0.05) is 38.0 Å². The lowest BCUT2D eigenvalue weighted by Crippen LogP contribution is -2.25. The number of halogens is 1. The van der Waals surface area contributed by atoms with Gasteiger partial charge in [0.25, 0.3) is 5.91 Å². The Morgan fingerprint density at radius 2 is 2.33 bits per heavy atom. The Balaban J connectivity index is 1.85. The Kier molecular flexibility index (Phi) is 4.09. The van der Waals surface area contributed by atoms with Gasteiger partial charge in [0.15, 0.2) is 0 Å². The number of carbonyl (C=O) groups excluding carboxylic acids is 1. The van der Waals surface area contributed by atoms with Crippen LogP contribution in [0.3, 0.4) is 0 Å². The molecule has 0 aliphatic heterocycles. The standard InChI is InChI=1S/C12H13BrN4O/c1-17-7-4-10(16-17)3-6-15-12(18)9-2-5-14-11(13)8-9/h2,4-5,7-8H,3,6H2,1H3,(H,15,18). The molecule has 0 bridgehead atoms. The Morgan fingerprint density at radius 3 is 3.00 bits per heavy atom. The molecule has 5 nitrogen and oxygen atoms in total. The molecule has 0 aliphatic carbocycles. The first kappa shape index (κ1) is 12.8. The van der Waals surface area contributed by atoms with Crippen LogP contribution in [0.4, 0.5) is 0 Å². The molecule has 18 heavy (non-hydrogen) atoms. The van der Waals surface area contributed by atoms with Gasteiger partial charge in [0.2, 0.25) is 0 Å². The molecule has 0 atom stereocenters. The zero-order chi connectivity index (χ0) is 13.0. The summed E-state index contributed by atoms with van der Waals surface area (Å²) in [4.78, 5) is 15.8. The van der Waals surface area contributed by atoms with E-state index in [1.165, 1.54) is 0 Å². The van der Waals surface area contributed by atoms with Gasteiger partial charge >= 0.3 is 0 Å². The lowest BCUT2D eigenvalue weighted by Gasteiger charge is -2.04. The smallest absolute Gasteiger partial charge is 0.251 e. The van der Waals surface area contributed by atoms with Gasteiger partial charge in [-0.15, -0.1) is 0 Å². The summed E-state index contributed by atoms with van der Waals surface area (Å²) in [6.07, 6.45) is 4.20. The number of aryl methyl sites for hydroxylation is 1. The fourth-order valence-corrected chi connectivity index (χ4v) is 1.91. The van der Waals surface area contributed by atoms with Crippen molar-refractivity contribution in [3.05, 3.63) is 46.5 Å². The summed E-state index contributed by atoms with van der Waals surface area (Å²) in [5.74, 6) is -0.103. The molecule has 0 saturated heterocycles. The molecule has 0 aromatic carbocycles. The Hall–Kier alpha value is -1.69. The van der Waals surface area contributed by atoms with Crippen molar-refractivity contribution >= 4 is 21.8 Å². The zero-order valence-corrected chi connectivity index (χ0v) is 11.5. The van der Waals surface area contributed by atoms with E-state index in [0.717, 1.165) is 12.1 Å². The van der Waals surface area contributed by atoms with Crippen LogP contribution in [0.5, 0.6) is 0 Å². The van der Waals surface area contributed by atoms with E-state index < -0.39 is 0 Å². The molecular formula is C12H13BrN4O. The zero-order valence-electron chi connectivity index (χ0n) is 9.93. The highest BCUT2D eigenvalue weighted by Gasteiger charge is 2.05. The van der Waals surface area contributed by atoms with E-state index >= 15 is 0 Å². The Morgan fingerprint density at radius 1 is 1.50 bits per heavy atom. The van der Waals surface area contributed by atoms with Gasteiger partial charge in [-0.25, -0.2) is 4.98 Å². The molecule has 1 N–H and O–H groups in total. The minimum atomic E-state index is -0.103. The van der Waals surface area contributed by atoms with Gasteiger partial charge in [-0.05, 0) is 34.1 Å². The summed E-state index contributed by atoms with van der Waals surface area (Å²) in [7, 11) is 1.87. The molecular weight excluding hydrogens is 296 g/mol. The number of rotatable bonds is 4. The van der Waals surface area contributed by atoms with Crippen molar-refractivity contribution in [3.63, 3.8) is 0 Å². The highest BCUT2D eigenvalue weighted by Crippen LogP contribution is 2.07. The van der Waals surface area contributed by atoms with E-state index in [0.29, 0.717) is 16.7 Å². The predicted octanol–water partition coefficient (Wildman–Crippen LogP) is 1.55. The number of nitrogens with one attached hydrogen (secondary N) is 1. The topological polar surface area (TPSA) is 59.8 Å². The molecule has 2 aromatic rings. The van der Waals surface area contributed by atoms with Crippen molar-refractivity contribution in [1.82, 2.24) is 20.1 Å². The highest BCUT2D eigenvalue weighted by atomic mass is 79.9. The number of hydrogen-bond acceptors (Lipinski definition) is 3. The predicted molar refractivity (Wildman–Crippen MR) is 71.2 cm³/mol. The van der Waals surface area contributed by atoms with E-state index in [9.17, 15) is 4.79 Å². The van der Waals surface area contributed by atoms with Crippen LogP contribution in [0.1, 0.15) is 16.1 Å². The Labute approximate surface area is 113 Å². The molecule has 2 aromatic heterocycles. The first-order valence-corrected chi connectivity index (χ1v) is 6.33. The third-order valence-corrected chi connectivity index (χ3v) is 2.86. The minimum Gasteiger partial charge on any atom is -0.352 e. The number of aromatic nitrogens is 3. The van der Waals surface area contributed by atoms with Gasteiger partial charge in [-0.1, -0.05) is 0 Å². The molecule has 0 saturated carbocycles. The molecule has 0 aliphatic rings. The normalized spacial score (nSPS) is 10.3. The van der Waals surface area contributed by atoms with Crippen LogP contribution >= 0.6 is 15.9 Å². The maximum absolute atomic E-state index is 11.8. The molecule has 0 unspecified atom stereocenters. The number of amides is 1. The van der Waals surface area contributed by atoms with Gasteiger partial charge in [-0.3, -0.25) is 9.48 Å². The fraction of sp³-hybridized carbons (Fsp3) is 0.250. The van der Waals surface area contributed by atoms with Crippen LogP contribution in [0.2, 0.25) is 0 Å². The molecule has 0 spiro atoms. The van der Waals surface area contributed by atoms with Crippen molar-refractivity contribution in [2.75, 3.05) is 6.54 Å². The van der Waals surface area contributed by atoms with Crippen molar-refractivity contribution < 1.29 is 4.79 Å². The summed E-state index contributed by atoms with van der Waals surface area (Å²) < 4.78 is 2.40. The van der Waals surface area contributed by atoms with Gasteiger partial charge in [-0.2, -0.15) is 5.10 Å². The number of nitrogens with zero attached hydrogens (tertiary/aromatic N) is 3. The monoisotopic (exact) mass is 308 g/mol. The van der Waals surface area contributed by atoms with Gasteiger partial charge in [0.05, 0.1) is 5.69 Å². The maximum atomic E-state index is 11.8. The second kappa shape index (κ2) is 5.77. The second-order valence-electron chi connectivity index (χ2n) is 3.85. The van der Waals surface area contributed by atoms with E-state index in [1.54, 1.807) is 23.0 Å². The molecule has 0 radical (unpaired) electrons. The largest absolute Gasteiger partial charge is 0.352 e. The van der Waals surface area contributed by atoms with Crippen molar-refractivity contribution in [3.8, 4) is 0 Å². The lowest BCUT2D eigenvalue weighted by molar-refractivity contribution is 0.0954. The van der Waals surface area contributed by atoms with Gasteiger partial charge < -0.3 is 5.32 Å². The number of carbonyl (C=O) groups is 1. The van der Waals surface area contributed by atoms with Crippen molar-refractivity contribution in [1.29, 1.82) is 0 Å². The minimum absolute atomic E-state index is 0.103. The third kappa shape index (κ3) is 3.40. The van der Waals surface area contributed by atoms with Crippen LogP contribution in [0, 0.1) is 0 Å². The summed E-state index contributed by atoms with van der Waals surface area (Å²) >= 11 is 3.23. The summed E-state index contributed by atoms with van der Waals surface area (Å²) in [5, 5.41) is 7.09. The van der Waals surface area contributed by atoms with Crippen LogP contribution in [0.15, 0.2) is 35.2 Å². The quantitative estimate of drug-likeness (QED) is 0.872. The first-order valence-electron chi connectivity index (χ1n) is 5.53. The number of hydrogen-bond donors (Lipinski definition) is 1. The van der Waals surface area contributed by atoms with E-state index in [-0.39, 0.29) is 5.91 Å². The fourth-order valence-electron chi connectivity index (χ4n) is 1.55.